The second-order valence-corrected chi connectivity index (χ2v) is 6.25. The Labute approximate surface area is 163 Å². The smallest absolute Gasteiger partial charge is 0.256 e. The first-order valence-electron chi connectivity index (χ1n) is 8.98. The first-order chi connectivity index (χ1) is 13.8. The molecule has 0 atom stereocenters. The monoisotopic (exact) mass is 369 g/mol. The number of para-hydroxylation sites is 1. The number of benzene rings is 3. The fourth-order valence-electron chi connectivity index (χ4n) is 2.81. The predicted molar refractivity (Wildman–Crippen MR) is 109 cm³/mol. The Morgan fingerprint density at radius 1 is 0.821 bits per heavy atom. The molecule has 0 spiro atoms. The number of anilines is 1. The zero-order valence-corrected chi connectivity index (χ0v) is 15.2. The summed E-state index contributed by atoms with van der Waals surface area (Å²) in [5, 5.41) is 7.22. The highest BCUT2D eigenvalue weighted by Gasteiger charge is 2.10. The Hall–Kier alpha value is -3.86. The number of hydrogen-bond donors (Lipinski definition) is 1. The maximum absolute atomic E-state index is 12.6. The number of nitrogens with zero attached hydrogens (tertiary/aromatic N) is 2. The van der Waals surface area contributed by atoms with Crippen LogP contribution in [-0.4, -0.2) is 15.7 Å². The van der Waals surface area contributed by atoms with Crippen LogP contribution in [0.5, 0.6) is 11.5 Å². The van der Waals surface area contributed by atoms with Gasteiger partial charge in [-0.25, -0.2) is 4.68 Å². The van der Waals surface area contributed by atoms with Gasteiger partial charge in [-0.15, -0.1) is 0 Å². The van der Waals surface area contributed by atoms with Crippen LogP contribution in [-0.2, 0) is 6.54 Å². The third-order valence-electron chi connectivity index (χ3n) is 4.23. The zero-order valence-electron chi connectivity index (χ0n) is 15.2. The van der Waals surface area contributed by atoms with Crippen LogP contribution in [0.25, 0.3) is 0 Å². The molecule has 1 amide bonds. The molecule has 1 N–H and O–H groups in total. The van der Waals surface area contributed by atoms with Gasteiger partial charge in [-0.3, -0.25) is 4.79 Å². The molecule has 3 aromatic carbocycles. The van der Waals surface area contributed by atoms with Gasteiger partial charge in [-0.2, -0.15) is 5.10 Å². The van der Waals surface area contributed by atoms with Crippen molar-refractivity contribution >= 4 is 11.7 Å². The fourth-order valence-corrected chi connectivity index (χ4v) is 2.81. The summed E-state index contributed by atoms with van der Waals surface area (Å²) in [6.07, 6.45) is 1.68. The molecule has 0 saturated heterocycles. The second-order valence-electron chi connectivity index (χ2n) is 6.25. The standard InChI is InChI=1S/C23H19N3O2/c27-23(19-11-13-21(14-12-19)28-20-9-5-2-6-10-20)25-22-15-16-24-26(22)17-18-7-3-1-4-8-18/h1-16H,17H2,(H,25,27). The van der Waals surface area contributed by atoms with Crippen molar-refractivity contribution in [2.45, 2.75) is 6.54 Å². The molecule has 0 unspecified atom stereocenters. The first-order valence-corrected chi connectivity index (χ1v) is 8.98. The SMILES string of the molecule is O=C(Nc1ccnn1Cc1ccccc1)c1ccc(Oc2ccccc2)cc1. The van der Waals surface area contributed by atoms with Gasteiger partial charge in [0.1, 0.15) is 17.3 Å². The highest BCUT2D eigenvalue weighted by Crippen LogP contribution is 2.21. The average molecular weight is 369 g/mol. The molecular formula is C23H19N3O2. The molecule has 4 rings (SSSR count). The Morgan fingerprint density at radius 3 is 2.18 bits per heavy atom. The van der Waals surface area contributed by atoms with Gasteiger partial charge in [0.05, 0.1) is 12.7 Å². The van der Waals surface area contributed by atoms with Crippen molar-refractivity contribution < 1.29 is 9.53 Å². The topological polar surface area (TPSA) is 56.2 Å². The van der Waals surface area contributed by atoms with Crippen molar-refractivity contribution in [3.8, 4) is 11.5 Å². The molecule has 28 heavy (non-hydrogen) atoms. The Balaban J connectivity index is 1.42. The summed E-state index contributed by atoms with van der Waals surface area (Å²) in [6, 6.07) is 28.3. The summed E-state index contributed by atoms with van der Waals surface area (Å²) in [5.74, 6) is 1.89. The van der Waals surface area contributed by atoms with Crippen molar-refractivity contribution in [3.05, 3.63) is 108 Å². The highest BCUT2D eigenvalue weighted by atomic mass is 16.5. The van der Waals surface area contributed by atoms with Crippen LogP contribution < -0.4 is 10.1 Å². The third kappa shape index (κ3) is 4.27. The van der Waals surface area contributed by atoms with Crippen LogP contribution >= 0.6 is 0 Å². The molecule has 5 heteroatoms. The number of carbonyl (C=O) groups excluding carboxylic acids is 1. The van der Waals surface area contributed by atoms with Crippen LogP contribution in [0.2, 0.25) is 0 Å². The van der Waals surface area contributed by atoms with E-state index >= 15 is 0 Å². The van der Waals surface area contributed by atoms with E-state index in [9.17, 15) is 4.79 Å². The van der Waals surface area contributed by atoms with E-state index in [2.05, 4.69) is 10.4 Å². The van der Waals surface area contributed by atoms with Crippen LogP contribution in [0.15, 0.2) is 97.2 Å². The van der Waals surface area contributed by atoms with Gasteiger partial charge in [-0.1, -0.05) is 48.5 Å². The molecule has 138 valence electrons. The van der Waals surface area contributed by atoms with Gasteiger partial charge < -0.3 is 10.1 Å². The molecule has 0 fully saturated rings. The Kier molecular flexibility index (Phi) is 5.15. The van der Waals surface area contributed by atoms with E-state index in [1.54, 1.807) is 41.2 Å². The van der Waals surface area contributed by atoms with Crippen molar-refractivity contribution in [1.29, 1.82) is 0 Å². The van der Waals surface area contributed by atoms with Crippen LogP contribution in [0.1, 0.15) is 15.9 Å². The van der Waals surface area contributed by atoms with Crippen molar-refractivity contribution in [2.75, 3.05) is 5.32 Å². The average Bonchev–Trinajstić information content (AvgIpc) is 3.16. The van der Waals surface area contributed by atoms with E-state index in [0.717, 1.165) is 11.3 Å². The molecule has 0 aliphatic rings. The Morgan fingerprint density at radius 2 is 1.46 bits per heavy atom. The zero-order chi connectivity index (χ0) is 19.2. The number of ether oxygens (including phenoxy) is 1. The molecule has 0 aliphatic heterocycles. The summed E-state index contributed by atoms with van der Waals surface area (Å²) in [6.45, 7) is 0.591. The maximum Gasteiger partial charge on any atom is 0.256 e. The minimum absolute atomic E-state index is 0.193. The normalized spacial score (nSPS) is 10.4. The lowest BCUT2D eigenvalue weighted by molar-refractivity contribution is 0.102. The number of aromatic nitrogens is 2. The van der Waals surface area contributed by atoms with Gasteiger partial charge in [0.15, 0.2) is 0 Å². The molecule has 0 radical (unpaired) electrons. The summed E-state index contributed by atoms with van der Waals surface area (Å²) in [5.41, 5.74) is 1.66. The second kappa shape index (κ2) is 8.22. The maximum atomic E-state index is 12.6. The largest absolute Gasteiger partial charge is 0.457 e. The molecule has 0 saturated carbocycles. The molecule has 1 aromatic heterocycles. The van der Waals surface area contributed by atoms with E-state index < -0.39 is 0 Å². The first kappa shape index (κ1) is 17.5. The van der Waals surface area contributed by atoms with E-state index in [1.807, 2.05) is 60.7 Å². The lowest BCUT2D eigenvalue weighted by Crippen LogP contribution is -2.16. The lowest BCUT2D eigenvalue weighted by Gasteiger charge is -2.10. The van der Waals surface area contributed by atoms with Crippen LogP contribution in [0, 0.1) is 0 Å². The summed E-state index contributed by atoms with van der Waals surface area (Å²) in [4.78, 5) is 12.6. The minimum Gasteiger partial charge on any atom is -0.457 e. The molecule has 1 heterocycles. The van der Waals surface area contributed by atoms with Crippen LogP contribution in [0.4, 0.5) is 5.82 Å². The van der Waals surface area contributed by atoms with E-state index in [1.165, 1.54) is 0 Å². The van der Waals surface area contributed by atoms with Crippen molar-refractivity contribution in [1.82, 2.24) is 9.78 Å². The minimum atomic E-state index is -0.193. The molecule has 0 bridgehead atoms. The molecule has 4 aromatic rings. The fraction of sp³-hybridized carbons (Fsp3) is 0.0435. The quantitative estimate of drug-likeness (QED) is 0.522. The van der Waals surface area contributed by atoms with Gasteiger partial charge in [0, 0.05) is 11.6 Å². The summed E-state index contributed by atoms with van der Waals surface area (Å²) >= 11 is 0. The Bertz CT molecular complexity index is 1040. The van der Waals surface area contributed by atoms with Crippen LogP contribution in [0.3, 0.4) is 0 Å². The van der Waals surface area contributed by atoms with Gasteiger partial charge in [0.2, 0.25) is 0 Å². The van der Waals surface area contributed by atoms with Crippen molar-refractivity contribution in [3.63, 3.8) is 0 Å². The molecule has 0 aliphatic carbocycles. The molecular weight excluding hydrogens is 350 g/mol. The van der Waals surface area contributed by atoms with Gasteiger partial charge in [-0.05, 0) is 42.0 Å². The van der Waals surface area contributed by atoms with Crippen molar-refractivity contribution in [2.24, 2.45) is 0 Å². The lowest BCUT2D eigenvalue weighted by atomic mass is 10.2. The highest BCUT2D eigenvalue weighted by molar-refractivity contribution is 6.03. The number of rotatable bonds is 6. The summed E-state index contributed by atoms with van der Waals surface area (Å²) < 4.78 is 7.52. The van der Waals surface area contributed by atoms with Gasteiger partial charge in [0.25, 0.3) is 5.91 Å². The number of hydrogen-bond acceptors (Lipinski definition) is 3. The number of carbonyl (C=O) groups is 1. The van der Waals surface area contributed by atoms with E-state index in [4.69, 9.17) is 4.74 Å². The molecule has 5 nitrogen and oxygen atoms in total. The van der Waals surface area contributed by atoms with E-state index in [0.29, 0.717) is 23.7 Å². The van der Waals surface area contributed by atoms with E-state index in [-0.39, 0.29) is 5.91 Å². The number of amides is 1. The number of nitrogens with one attached hydrogen (secondary N) is 1. The third-order valence-corrected chi connectivity index (χ3v) is 4.23. The summed E-state index contributed by atoms with van der Waals surface area (Å²) in [7, 11) is 0. The van der Waals surface area contributed by atoms with Gasteiger partial charge >= 0.3 is 0 Å². The predicted octanol–water partition coefficient (Wildman–Crippen LogP) is 4.98.